The highest BCUT2D eigenvalue weighted by Crippen LogP contribution is 2.13. The number of aliphatic imine (C=N–C) groups is 1. The summed E-state index contributed by atoms with van der Waals surface area (Å²) in [5.74, 6) is 1.18. The van der Waals surface area contributed by atoms with Gasteiger partial charge in [-0.2, -0.15) is 0 Å². The fourth-order valence-electron chi connectivity index (χ4n) is 1.31. The molecule has 14 heavy (non-hydrogen) atoms. The first-order chi connectivity index (χ1) is 6.75. The summed E-state index contributed by atoms with van der Waals surface area (Å²) in [6.45, 7) is 0.955. The van der Waals surface area contributed by atoms with Gasteiger partial charge in [0.05, 0.1) is 17.4 Å². The van der Waals surface area contributed by atoms with Gasteiger partial charge in [-0.25, -0.2) is 4.99 Å². The summed E-state index contributed by atoms with van der Waals surface area (Å²) < 4.78 is 0. The van der Waals surface area contributed by atoms with Gasteiger partial charge in [-0.05, 0) is 24.3 Å². The number of amidine groups is 1. The van der Waals surface area contributed by atoms with Gasteiger partial charge in [0.25, 0.3) is 0 Å². The molecular weight excluding hydrogens is 194 g/mol. The van der Waals surface area contributed by atoms with Gasteiger partial charge in [0.1, 0.15) is 12.0 Å². The van der Waals surface area contributed by atoms with Crippen molar-refractivity contribution in [2.24, 2.45) is 4.99 Å². The maximum atomic E-state index is 5.61. The molecular formula is C10H14N3S+. The molecule has 2 rings (SSSR count). The van der Waals surface area contributed by atoms with Crippen molar-refractivity contribution in [2.75, 3.05) is 29.6 Å². The normalized spacial score (nSPS) is 20.6. The zero-order valence-corrected chi connectivity index (χ0v) is 8.97. The molecule has 0 saturated carbocycles. The van der Waals surface area contributed by atoms with Crippen LogP contribution in [-0.4, -0.2) is 23.7 Å². The van der Waals surface area contributed by atoms with Gasteiger partial charge >= 0.3 is 5.17 Å². The van der Waals surface area contributed by atoms with Crippen LogP contribution in [0.5, 0.6) is 0 Å². The third-order valence-electron chi connectivity index (χ3n) is 2.14. The molecule has 1 heterocycles. The molecule has 0 radical (unpaired) electrons. The minimum absolute atomic E-state index is 0.291. The van der Waals surface area contributed by atoms with Crippen LogP contribution < -0.4 is 11.1 Å². The van der Waals surface area contributed by atoms with Crippen molar-refractivity contribution >= 4 is 27.4 Å². The lowest BCUT2D eigenvalue weighted by Gasteiger charge is -2.03. The SMILES string of the molecule is C[S+]1CCN=C1Nc1ccc(N)cc1. The van der Waals surface area contributed by atoms with E-state index in [1.54, 1.807) is 0 Å². The number of nitrogens with one attached hydrogen (secondary N) is 1. The Kier molecular flexibility index (Phi) is 2.63. The van der Waals surface area contributed by atoms with E-state index in [1.165, 1.54) is 5.75 Å². The minimum Gasteiger partial charge on any atom is -0.399 e. The highest BCUT2D eigenvalue weighted by Gasteiger charge is 2.26. The number of benzene rings is 1. The maximum absolute atomic E-state index is 5.61. The van der Waals surface area contributed by atoms with Crippen LogP contribution in [0.1, 0.15) is 0 Å². The Morgan fingerprint density at radius 3 is 2.64 bits per heavy atom. The molecule has 0 aliphatic carbocycles. The maximum Gasteiger partial charge on any atom is 0.318 e. The van der Waals surface area contributed by atoms with Gasteiger partial charge in [0.2, 0.25) is 0 Å². The van der Waals surface area contributed by atoms with E-state index in [1.807, 2.05) is 24.3 Å². The first-order valence-corrected chi connectivity index (χ1v) is 6.35. The van der Waals surface area contributed by atoms with Crippen LogP contribution in [0.15, 0.2) is 29.3 Å². The van der Waals surface area contributed by atoms with Gasteiger partial charge in [0, 0.05) is 11.4 Å². The third kappa shape index (κ3) is 2.01. The third-order valence-corrected chi connectivity index (χ3v) is 3.83. The van der Waals surface area contributed by atoms with Gasteiger partial charge < -0.3 is 5.73 Å². The molecule has 0 saturated heterocycles. The van der Waals surface area contributed by atoms with Crippen LogP contribution in [0.4, 0.5) is 11.4 Å². The molecule has 0 bridgehead atoms. The van der Waals surface area contributed by atoms with E-state index in [2.05, 4.69) is 16.6 Å². The molecule has 3 nitrogen and oxygen atoms in total. The predicted octanol–water partition coefficient (Wildman–Crippen LogP) is 1.30. The molecule has 74 valence electrons. The van der Waals surface area contributed by atoms with Gasteiger partial charge in [-0.15, -0.1) is 0 Å². The number of anilines is 2. The second-order valence-corrected chi connectivity index (χ2v) is 5.34. The minimum atomic E-state index is 0.291. The van der Waals surface area contributed by atoms with Crippen molar-refractivity contribution in [1.82, 2.24) is 0 Å². The van der Waals surface area contributed by atoms with Crippen LogP contribution in [0, 0.1) is 0 Å². The summed E-state index contributed by atoms with van der Waals surface area (Å²) in [6, 6.07) is 7.75. The van der Waals surface area contributed by atoms with E-state index >= 15 is 0 Å². The Labute approximate surface area is 86.8 Å². The van der Waals surface area contributed by atoms with E-state index in [0.717, 1.165) is 23.1 Å². The molecule has 1 aromatic carbocycles. The Bertz CT molecular complexity index is 345. The van der Waals surface area contributed by atoms with Crippen molar-refractivity contribution in [2.45, 2.75) is 0 Å². The lowest BCUT2D eigenvalue weighted by Crippen LogP contribution is -2.20. The highest BCUT2D eigenvalue weighted by molar-refractivity contribution is 8.11. The Hall–Kier alpha value is -1.16. The number of rotatable bonds is 1. The van der Waals surface area contributed by atoms with Gasteiger partial charge in [-0.3, -0.25) is 5.32 Å². The summed E-state index contributed by atoms with van der Waals surface area (Å²) in [4.78, 5) is 4.42. The highest BCUT2D eigenvalue weighted by atomic mass is 32.2. The van der Waals surface area contributed by atoms with E-state index in [4.69, 9.17) is 5.73 Å². The quantitative estimate of drug-likeness (QED) is 0.540. The lowest BCUT2D eigenvalue weighted by molar-refractivity contribution is 1.17. The number of nitrogens with two attached hydrogens (primary N) is 1. The van der Waals surface area contributed by atoms with E-state index in [9.17, 15) is 0 Å². The molecule has 1 aliphatic heterocycles. The first-order valence-electron chi connectivity index (χ1n) is 4.55. The van der Waals surface area contributed by atoms with Crippen molar-refractivity contribution in [3.05, 3.63) is 24.3 Å². The fourth-order valence-corrected chi connectivity index (χ4v) is 2.47. The average molecular weight is 208 g/mol. The first kappa shape index (κ1) is 9.40. The molecule has 1 unspecified atom stereocenters. The smallest absolute Gasteiger partial charge is 0.318 e. The van der Waals surface area contributed by atoms with Crippen molar-refractivity contribution in [3.8, 4) is 0 Å². The number of nitrogens with zero attached hydrogens (tertiary/aromatic N) is 1. The predicted molar refractivity (Wildman–Crippen MR) is 64.9 cm³/mol. The number of nitrogen functional groups attached to an aromatic ring is 1. The van der Waals surface area contributed by atoms with Gasteiger partial charge in [0.15, 0.2) is 0 Å². The molecule has 1 aromatic rings. The van der Waals surface area contributed by atoms with Gasteiger partial charge in [-0.1, -0.05) is 0 Å². The largest absolute Gasteiger partial charge is 0.399 e. The van der Waals surface area contributed by atoms with Crippen molar-refractivity contribution in [3.63, 3.8) is 0 Å². The topological polar surface area (TPSA) is 50.4 Å². The lowest BCUT2D eigenvalue weighted by atomic mass is 10.3. The number of hydrogen-bond donors (Lipinski definition) is 2. The number of hydrogen-bond acceptors (Lipinski definition) is 3. The molecule has 0 spiro atoms. The second kappa shape index (κ2) is 3.92. The molecule has 4 heteroatoms. The van der Waals surface area contributed by atoms with Crippen LogP contribution >= 0.6 is 0 Å². The van der Waals surface area contributed by atoms with E-state index < -0.39 is 0 Å². The molecule has 0 fully saturated rings. The molecule has 3 N–H and O–H groups in total. The zero-order valence-electron chi connectivity index (χ0n) is 8.16. The molecule has 1 atom stereocenters. The fraction of sp³-hybridized carbons (Fsp3) is 0.300. The second-order valence-electron chi connectivity index (χ2n) is 3.28. The van der Waals surface area contributed by atoms with Crippen LogP contribution in [0.25, 0.3) is 0 Å². The Morgan fingerprint density at radius 2 is 2.07 bits per heavy atom. The summed E-state index contributed by atoms with van der Waals surface area (Å²) in [5.41, 5.74) is 7.47. The van der Waals surface area contributed by atoms with E-state index in [0.29, 0.717) is 10.9 Å². The zero-order chi connectivity index (χ0) is 9.97. The summed E-state index contributed by atoms with van der Waals surface area (Å²) in [5, 5.41) is 4.44. The summed E-state index contributed by atoms with van der Waals surface area (Å²) >= 11 is 0. The molecule has 0 amide bonds. The van der Waals surface area contributed by atoms with Crippen molar-refractivity contribution < 1.29 is 0 Å². The van der Waals surface area contributed by atoms with Crippen LogP contribution in [-0.2, 0) is 10.9 Å². The molecule has 1 aliphatic rings. The Morgan fingerprint density at radius 1 is 1.36 bits per heavy atom. The summed E-state index contributed by atoms with van der Waals surface area (Å²) in [6.07, 6.45) is 2.22. The standard InChI is InChI=1S/C10H14N3S/c1-14-7-6-12-10(14)13-9-4-2-8(11)3-5-9/h2-5H,6-7,11H2,1H3,(H,12,13)/q+1. The van der Waals surface area contributed by atoms with E-state index in [-0.39, 0.29) is 0 Å². The Balaban J connectivity index is 2.07. The average Bonchev–Trinajstić information content (AvgIpc) is 2.56. The summed E-state index contributed by atoms with van der Waals surface area (Å²) in [7, 11) is 0.291. The molecule has 0 aromatic heterocycles. The monoisotopic (exact) mass is 208 g/mol. The van der Waals surface area contributed by atoms with Crippen LogP contribution in [0.3, 0.4) is 0 Å². The van der Waals surface area contributed by atoms with Crippen molar-refractivity contribution in [1.29, 1.82) is 0 Å². The van der Waals surface area contributed by atoms with Crippen LogP contribution in [0.2, 0.25) is 0 Å².